The van der Waals surface area contributed by atoms with Crippen LogP contribution in [0.15, 0.2) is 0 Å². The fourth-order valence-corrected chi connectivity index (χ4v) is 12.7. The molecular formula is C36H54N4O6. The molecule has 2 saturated heterocycles. The van der Waals surface area contributed by atoms with E-state index in [2.05, 4.69) is 5.32 Å². The number of carbonyl (C=O) groups is 2. The number of rotatable bonds is 12. The second-order valence-corrected chi connectivity index (χ2v) is 17.4. The molecule has 2 heterocycles. The minimum atomic E-state index is -1.05. The number of nitrogens with one attached hydrogen (secondary N) is 1. The topological polar surface area (TPSA) is 92.8 Å². The first-order valence-electron chi connectivity index (χ1n) is 19.1. The van der Waals surface area contributed by atoms with Crippen LogP contribution in [-0.2, 0) is 18.9 Å². The predicted molar refractivity (Wildman–Crippen MR) is 167 cm³/mol. The van der Waals surface area contributed by atoms with Crippen LogP contribution in [0, 0.1) is 47.3 Å². The van der Waals surface area contributed by atoms with Crippen molar-refractivity contribution in [2.45, 2.75) is 139 Å². The van der Waals surface area contributed by atoms with Gasteiger partial charge in [-0.05, 0) is 150 Å². The molecule has 10 fully saturated rings. The second kappa shape index (κ2) is 11.2. The zero-order valence-corrected chi connectivity index (χ0v) is 27.4. The standard InChI is InChI=1S/C36H54N4O6/c41-34-37-33-36(17-43-29-13-21-1-5-25(29)9-21,39(34)19-45-31-15-23-3-7-27(31)11-23)40(20-46-32-16-24-4-8-28(32)12-24)35(42)38(33)18-44-30-14-22-2-6-26(30)10-22/h21-33H,1-20H2,(H,37,41). The van der Waals surface area contributed by atoms with Crippen molar-refractivity contribution in [2.75, 3.05) is 26.8 Å². The van der Waals surface area contributed by atoms with Gasteiger partial charge in [0.05, 0.1) is 31.0 Å². The minimum absolute atomic E-state index is 0.127. The van der Waals surface area contributed by atoms with Crippen LogP contribution in [0.4, 0.5) is 9.59 Å². The Balaban J connectivity index is 0.943. The Kier molecular flexibility index (Phi) is 7.14. The minimum Gasteiger partial charge on any atom is -0.373 e. The lowest BCUT2D eigenvalue weighted by Crippen LogP contribution is -2.64. The van der Waals surface area contributed by atoms with Crippen LogP contribution >= 0.6 is 0 Å². The first-order valence-corrected chi connectivity index (χ1v) is 19.1. The van der Waals surface area contributed by atoms with Crippen LogP contribution < -0.4 is 5.32 Å². The van der Waals surface area contributed by atoms with Crippen molar-refractivity contribution < 1.29 is 28.5 Å². The summed E-state index contributed by atoms with van der Waals surface area (Å²) < 4.78 is 26.8. The Morgan fingerprint density at radius 1 is 0.543 bits per heavy atom. The largest absolute Gasteiger partial charge is 0.373 e. The quantitative estimate of drug-likeness (QED) is 0.305. The summed E-state index contributed by atoms with van der Waals surface area (Å²) in [6.07, 6.45) is 19.6. The van der Waals surface area contributed by atoms with Crippen molar-refractivity contribution in [2.24, 2.45) is 47.3 Å². The lowest BCUT2D eigenvalue weighted by Gasteiger charge is -2.43. The van der Waals surface area contributed by atoms with Gasteiger partial charge in [0.2, 0.25) is 0 Å². The maximum Gasteiger partial charge on any atom is 0.327 e. The van der Waals surface area contributed by atoms with Gasteiger partial charge in [-0.3, -0.25) is 14.7 Å². The summed E-state index contributed by atoms with van der Waals surface area (Å²) in [5.74, 6) is 5.35. The highest BCUT2D eigenvalue weighted by Crippen LogP contribution is 2.51. The molecule has 4 amide bonds. The molecule has 0 aromatic rings. The van der Waals surface area contributed by atoms with E-state index in [9.17, 15) is 9.59 Å². The number of hydrogen-bond donors (Lipinski definition) is 1. The van der Waals surface area contributed by atoms with Gasteiger partial charge in [-0.25, -0.2) is 9.59 Å². The number of hydrogen-bond acceptors (Lipinski definition) is 6. The highest BCUT2D eigenvalue weighted by Gasteiger charge is 2.68. The Bertz CT molecular complexity index is 1220. The highest BCUT2D eigenvalue weighted by atomic mass is 16.5. The molecular weight excluding hydrogens is 584 g/mol. The third-order valence-corrected chi connectivity index (χ3v) is 15.1. The van der Waals surface area contributed by atoms with E-state index in [4.69, 9.17) is 18.9 Å². The first-order chi connectivity index (χ1) is 22.5. The zero-order valence-electron chi connectivity index (χ0n) is 27.4. The van der Waals surface area contributed by atoms with Crippen molar-refractivity contribution in [1.82, 2.24) is 20.0 Å². The van der Waals surface area contributed by atoms with E-state index < -0.39 is 11.8 Å². The monoisotopic (exact) mass is 638 g/mol. The third kappa shape index (κ3) is 4.62. The summed E-state index contributed by atoms with van der Waals surface area (Å²) in [6.45, 7) is 0.767. The van der Waals surface area contributed by atoms with Crippen molar-refractivity contribution in [1.29, 1.82) is 0 Å². The van der Waals surface area contributed by atoms with Gasteiger partial charge < -0.3 is 24.3 Å². The molecule has 10 nitrogen and oxygen atoms in total. The molecule has 8 bridgehead atoms. The molecule has 10 rings (SSSR count). The third-order valence-electron chi connectivity index (χ3n) is 15.1. The molecule has 10 aliphatic rings. The molecule has 2 aliphatic heterocycles. The number of carbonyl (C=O) groups excluding carboxylic acids is 2. The maximum atomic E-state index is 14.6. The fourth-order valence-electron chi connectivity index (χ4n) is 12.7. The molecule has 14 unspecified atom stereocenters. The van der Waals surface area contributed by atoms with Crippen LogP contribution in [-0.4, -0.2) is 89.8 Å². The number of nitrogens with zero attached hydrogens (tertiary/aromatic N) is 3. The average Bonchev–Trinajstić information content (AvgIpc) is 3.91. The Morgan fingerprint density at radius 2 is 0.978 bits per heavy atom. The van der Waals surface area contributed by atoms with Gasteiger partial charge in [0.15, 0.2) is 11.8 Å². The van der Waals surface area contributed by atoms with Crippen LogP contribution in [0.2, 0.25) is 0 Å². The highest BCUT2D eigenvalue weighted by molar-refractivity contribution is 5.86. The number of ether oxygens (including phenoxy) is 4. The lowest BCUT2D eigenvalue weighted by molar-refractivity contribution is -0.154. The van der Waals surface area contributed by atoms with Crippen molar-refractivity contribution >= 4 is 12.1 Å². The SMILES string of the molecule is O=C1NC2N(COC3CC4CCC3C4)C(=O)N(COC3CC4CCC3C4)C2(COC2CC3CCC2C3)N1COC1CC2CCC1C2. The zero-order chi connectivity index (χ0) is 30.6. The second-order valence-electron chi connectivity index (χ2n) is 17.4. The van der Waals surface area contributed by atoms with Gasteiger partial charge in [-0.15, -0.1) is 0 Å². The van der Waals surface area contributed by atoms with Crippen LogP contribution in [0.3, 0.4) is 0 Å². The number of fused-ring (bicyclic) bond motifs is 9. The Morgan fingerprint density at radius 3 is 1.41 bits per heavy atom. The lowest BCUT2D eigenvalue weighted by atomic mass is 9.97. The summed E-state index contributed by atoms with van der Waals surface area (Å²) in [5.41, 5.74) is -1.05. The summed E-state index contributed by atoms with van der Waals surface area (Å²) >= 11 is 0. The maximum absolute atomic E-state index is 14.6. The van der Waals surface area contributed by atoms with Gasteiger partial charge >= 0.3 is 12.1 Å². The summed E-state index contributed by atoms with van der Waals surface area (Å²) in [5, 5.41) is 3.26. The Labute approximate surface area is 273 Å². The van der Waals surface area contributed by atoms with E-state index in [0.717, 1.165) is 49.4 Å². The van der Waals surface area contributed by atoms with Gasteiger partial charge in [0, 0.05) is 0 Å². The average molecular weight is 639 g/mol. The smallest absolute Gasteiger partial charge is 0.327 e. The van der Waals surface area contributed by atoms with Crippen LogP contribution in [0.5, 0.6) is 0 Å². The molecule has 1 N–H and O–H groups in total. The fraction of sp³-hybridized carbons (Fsp3) is 0.944. The van der Waals surface area contributed by atoms with Crippen molar-refractivity contribution in [3.8, 4) is 0 Å². The van der Waals surface area contributed by atoms with E-state index in [1.165, 1.54) is 77.0 Å². The van der Waals surface area contributed by atoms with Crippen molar-refractivity contribution in [3.63, 3.8) is 0 Å². The summed E-state index contributed by atoms with van der Waals surface area (Å²) in [4.78, 5) is 34.1. The molecule has 254 valence electrons. The summed E-state index contributed by atoms with van der Waals surface area (Å²) in [7, 11) is 0. The van der Waals surface area contributed by atoms with E-state index in [-0.39, 0.29) is 63.3 Å². The van der Waals surface area contributed by atoms with Crippen LogP contribution in [0.1, 0.15) is 103 Å². The molecule has 0 aromatic heterocycles. The Hall–Kier alpha value is -1.62. The molecule has 0 aromatic carbocycles. The predicted octanol–water partition coefficient (Wildman–Crippen LogP) is 5.46. The van der Waals surface area contributed by atoms with Gasteiger partial charge in [-0.2, -0.15) is 0 Å². The van der Waals surface area contributed by atoms with E-state index in [1.807, 2.05) is 4.90 Å². The van der Waals surface area contributed by atoms with Crippen LogP contribution in [0.25, 0.3) is 0 Å². The molecule has 14 atom stereocenters. The molecule has 10 heteroatoms. The molecule has 8 saturated carbocycles. The molecule has 0 radical (unpaired) electrons. The van der Waals surface area contributed by atoms with E-state index >= 15 is 0 Å². The van der Waals surface area contributed by atoms with Gasteiger partial charge in [0.25, 0.3) is 0 Å². The van der Waals surface area contributed by atoms with Gasteiger partial charge in [-0.1, -0.05) is 0 Å². The first kappa shape index (κ1) is 29.3. The van der Waals surface area contributed by atoms with Gasteiger partial charge in [0.1, 0.15) is 20.2 Å². The number of urea groups is 2. The molecule has 46 heavy (non-hydrogen) atoms. The normalized spacial score (nSPS) is 49.5. The van der Waals surface area contributed by atoms with E-state index in [0.29, 0.717) is 23.7 Å². The molecule has 0 spiro atoms. The number of amides is 4. The van der Waals surface area contributed by atoms with E-state index in [1.54, 1.807) is 9.80 Å². The van der Waals surface area contributed by atoms with Crippen molar-refractivity contribution in [3.05, 3.63) is 0 Å². The summed E-state index contributed by atoms with van der Waals surface area (Å²) in [6, 6.07) is -0.315. The molecule has 8 aliphatic carbocycles.